The van der Waals surface area contributed by atoms with Crippen LogP contribution in [0.3, 0.4) is 0 Å². The summed E-state index contributed by atoms with van der Waals surface area (Å²) in [6.07, 6.45) is 3.00. The third-order valence-corrected chi connectivity index (χ3v) is 3.51. The minimum absolute atomic E-state index is 0.313. The highest BCUT2D eigenvalue weighted by atomic mass is 16.5. The number of methoxy groups -OCH3 is 1. The molecule has 2 aromatic rings. The van der Waals surface area contributed by atoms with E-state index >= 15 is 0 Å². The molecule has 7 heteroatoms. The zero-order valence-electron chi connectivity index (χ0n) is 13.9. The van der Waals surface area contributed by atoms with Gasteiger partial charge in [0.05, 0.1) is 18.2 Å². The van der Waals surface area contributed by atoms with Gasteiger partial charge in [0.1, 0.15) is 0 Å². The Bertz CT molecular complexity index is 695. The van der Waals surface area contributed by atoms with Crippen LogP contribution in [-0.4, -0.2) is 42.0 Å². The summed E-state index contributed by atoms with van der Waals surface area (Å²) in [7, 11) is 1.32. The summed E-state index contributed by atoms with van der Waals surface area (Å²) in [5.41, 5.74) is 1.35. The maximum atomic E-state index is 12.2. The van der Waals surface area contributed by atoms with E-state index in [1.807, 2.05) is 18.7 Å². The van der Waals surface area contributed by atoms with E-state index in [1.54, 1.807) is 24.3 Å². The van der Waals surface area contributed by atoms with Crippen LogP contribution in [-0.2, 0) is 4.74 Å². The van der Waals surface area contributed by atoms with E-state index in [2.05, 4.69) is 20.0 Å². The standard InChI is InChI=1S/C17H20N4O3/c1-4-21(5-2)17-18-10-13(11-19-17)15(22)20-14-8-6-12(7-9-14)16(23)24-3/h6-11H,4-5H2,1-3H3,(H,20,22). The fourth-order valence-electron chi connectivity index (χ4n) is 2.12. The molecular weight excluding hydrogens is 308 g/mol. The van der Waals surface area contributed by atoms with Gasteiger partial charge in [-0.3, -0.25) is 4.79 Å². The van der Waals surface area contributed by atoms with Crippen molar-refractivity contribution in [3.8, 4) is 0 Å². The number of hydrogen-bond donors (Lipinski definition) is 1. The van der Waals surface area contributed by atoms with Gasteiger partial charge in [-0.1, -0.05) is 0 Å². The Labute approximate surface area is 140 Å². The number of ether oxygens (including phenoxy) is 1. The lowest BCUT2D eigenvalue weighted by atomic mass is 10.2. The average Bonchev–Trinajstić information content (AvgIpc) is 2.63. The summed E-state index contributed by atoms with van der Waals surface area (Å²) >= 11 is 0. The molecule has 0 unspecified atom stereocenters. The van der Waals surface area contributed by atoms with Crippen molar-refractivity contribution in [3.63, 3.8) is 0 Å². The molecule has 0 spiro atoms. The number of nitrogens with one attached hydrogen (secondary N) is 1. The van der Waals surface area contributed by atoms with Crippen LogP contribution in [0.5, 0.6) is 0 Å². The Hall–Kier alpha value is -2.96. The lowest BCUT2D eigenvalue weighted by molar-refractivity contribution is 0.0600. The SMILES string of the molecule is CCN(CC)c1ncc(C(=O)Nc2ccc(C(=O)OC)cc2)cn1. The quantitative estimate of drug-likeness (QED) is 0.820. The average molecular weight is 328 g/mol. The van der Waals surface area contributed by atoms with E-state index in [1.165, 1.54) is 19.5 Å². The number of aromatic nitrogens is 2. The largest absolute Gasteiger partial charge is 0.465 e. The first kappa shape index (κ1) is 17.4. The molecule has 1 aromatic carbocycles. The number of rotatable bonds is 6. The highest BCUT2D eigenvalue weighted by Gasteiger charge is 2.11. The second kappa shape index (κ2) is 8.05. The van der Waals surface area contributed by atoms with Crippen molar-refractivity contribution in [2.45, 2.75) is 13.8 Å². The van der Waals surface area contributed by atoms with Crippen LogP contribution < -0.4 is 10.2 Å². The smallest absolute Gasteiger partial charge is 0.337 e. The monoisotopic (exact) mass is 328 g/mol. The van der Waals surface area contributed by atoms with Crippen LogP contribution in [0.1, 0.15) is 34.6 Å². The van der Waals surface area contributed by atoms with Gasteiger partial charge in [0.25, 0.3) is 5.91 Å². The Balaban J connectivity index is 2.05. The summed E-state index contributed by atoms with van der Waals surface area (Å²) in [4.78, 5) is 34.0. The number of hydrogen-bond acceptors (Lipinski definition) is 6. The molecule has 7 nitrogen and oxygen atoms in total. The molecule has 24 heavy (non-hydrogen) atoms. The zero-order chi connectivity index (χ0) is 17.5. The molecule has 0 saturated carbocycles. The molecule has 0 saturated heterocycles. The number of carbonyl (C=O) groups excluding carboxylic acids is 2. The van der Waals surface area contributed by atoms with Gasteiger partial charge >= 0.3 is 5.97 Å². The van der Waals surface area contributed by atoms with Crippen LogP contribution >= 0.6 is 0 Å². The van der Waals surface area contributed by atoms with Gasteiger partial charge < -0.3 is 15.0 Å². The van der Waals surface area contributed by atoms with E-state index in [0.717, 1.165) is 13.1 Å². The molecule has 2 rings (SSSR count). The summed E-state index contributed by atoms with van der Waals surface area (Å²) in [6, 6.07) is 6.44. The molecule has 0 bridgehead atoms. The number of carbonyl (C=O) groups is 2. The molecule has 0 fully saturated rings. The van der Waals surface area contributed by atoms with Crippen LogP contribution in [0.4, 0.5) is 11.6 Å². The summed E-state index contributed by atoms with van der Waals surface area (Å²) in [5.74, 6) is -0.140. The second-order valence-electron chi connectivity index (χ2n) is 4.97. The maximum absolute atomic E-state index is 12.2. The van der Waals surface area contributed by atoms with Crippen LogP contribution in [0.15, 0.2) is 36.7 Å². The molecule has 0 radical (unpaired) electrons. The van der Waals surface area contributed by atoms with Gasteiger partial charge in [-0.15, -0.1) is 0 Å². The topological polar surface area (TPSA) is 84.4 Å². The van der Waals surface area contributed by atoms with E-state index < -0.39 is 5.97 Å². The van der Waals surface area contributed by atoms with E-state index in [-0.39, 0.29) is 5.91 Å². The fraction of sp³-hybridized carbons (Fsp3) is 0.294. The van der Waals surface area contributed by atoms with Crippen molar-refractivity contribution in [2.75, 3.05) is 30.4 Å². The van der Waals surface area contributed by atoms with E-state index in [0.29, 0.717) is 22.8 Å². The Kier molecular flexibility index (Phi) is 5.83. The van der Waals surface area contributed by atoms with Crippen molar-refractivity contribution < 1.29 is 14.3 Å². The van der Waals surface area contributed by atoms with Crippen molar-refractivity contribution in [3.05, 3.63) is 47.8 Å². The minimum atomic E-state index is -0.423. The fourth-order valence-corrected chi connectivity index (χ4v) is 2.12. The summed E-state index contributed by atoms with van der Waals surface area (Å²) in [6.45, 7) is 5.64. The molecule has 1 amide bonds. The molecule has 0 aliphatic rings. The van der Waals surface area contributed by atoms with Gasteiger partial charge in [-0.05, 0) is 38.1 Å². The zero-order valence-corrected chi connectivity index (χ0v) is 13.9. The van der Waals surface area contributed by atoms with Crippen molar-refractivity contribution in [1.29, 1.82) is 0 Å². The van der Waals surface area contributed by atoms with Gasteiger partial charge in [0, 0.05) is 31.2 Å². The van der Waals surface area contributed by atoms with Gasteiger partial charge in [0.2, 0.25) is 5.95 Å². The van der Waals surface area contributed by atoms with Gasteiger partial charge in [0.15, 0.2) is 0 Å². The van der Waals surface area contributed by atoms with Crippen molar-refractivity contribution >= 4 is 23.5 Å². The molecule has 1 heterocycles. The first-order chi connectivity index (χ1) is 11.6. The third kappa shape index (κ3) is 4.07. The summed E-state index contributed by atoms with van der Waals surface area (Å²) < 4.78 is 4.63. The number of benzene rings is 1. The predicted molar refractivity (Wildman–Crippen MR) is 91.3 cm³/mol. The van der Waals surface area contributed by atoms with Gasteiger partial charge in [-0.25, -0.2) is 14.8 Å². The molecular formula is C17H20N4O3. The molecule has 126 valence electrons. The summed E-state index contributed by atoms with van der Waals surface area (Å²) in [5, 5.41) is 2.73. The number of esters is 1. The highest BCUT2D eigenvalue weighted by Crippen LogP contribution is 2.13. The normalized spacial score (nSPS) is 10.1. The van der Waals surface area contributed by atoms with E-state index in [4.69, 9.17) is 0 Å². The lowest BCUT2D eigenvalue weighted by Gasteiger charge is -2.17. The van der Waals surface area contributed by atoms with Crippen LogP contribution in [0.25, 0.3) is 0 Å². The second-order valence-corrected chi connectivity index (χ2v) is 4.97. The molecule has 1 N–H and O–H groups in total. The number of anilines is 2. The first-order valence-electron chi connectivity index (χ1n) is 7.65. The molecule has 0 aliphatic heterocycles. The minimum Gasteiger partial charge on any atom is -0.465 e. The van der Waals surface area contributed by atoms with Gasteiger partial charge in [-0.2, -0.15) is 0 Å². The number of nitrogens with zero attached hydrogens (tertiary/aromatic N) is 3. The molecule has 1 aromatic heterocycles. The predicted octanol–water partition coefficient (Wildman–Crippen LogP) is 2.36. The number of amides is 1. The Morgan fingerprint density at radius 1 is 1.04 bits per heavy atom. The van der Waals surface area contributed by atoms with Crippen molar-refractivity contribution in [1.82, 2.24) is 9.97 Å². The Morgan fingerprint density at radius 2 is 1.62 bits per heavy atom. The maximum Gasteiger partial charge on any atom is 0.337 e. The Morgan fingerprint density at radius 3 is 2.12 bits per heavy atom. The third-order valence-electron chi connectivity index (χ3n) is 3.51. The first-order valence-corrected chi connectivity index (χ1v) is 7.65. The van der Waals surface area contributed by atoms with Crippen LogP contribution in [0.2, 0.25) is 0 Å². The van der Waals surface area contributed by atoms with Crippen molar-refractivity contribution in [2.24, 2.45) is 0 Å². The molecule has 0 aliphatic carbocycles. The lowest BCUT2D eigenvalue weighted by Crippen LogP contribution is -2.24. The highest BCUT2D eigenvalue weighted by molar-refractivity contribution is 6.04. The molecule has 0 atom stereocenters. The van der Waals surface area contributed by atoms with Crippen LogP contribution in [0, 0.1) is 0 Å². The van der Waals surface area contributed by atoms with E-state index in [9.17, 15) is 9.59 Å².